The van der Waals surface area contributed by atoms with Crippen molar-refractivity contribution in [1.82, 2.24) is 14.3 Å². The minimum absolute atomic E-state index is 0.216. The van der Waals surface area contributed by atoms with Crippen LogP contribution in [0.4, 0.5) is 5.82 Å². The Kier molecular flexibility index (Phi) is 5.96. The number of hydrogen-bond acceptors (Lipinski definition) is 6. The van der Waals surface area contributed by atoms with E-state index >= 15 is 0 Å². The van der Waals surface area contributed by atoms with Gasteiger partial charge in [0.15, 0.2) is 0 Å². The summed E-state index contributed by atoms with van der Waals surface area (Å²) in [6, 6.07) is 18.7. The predicted molar refractivity (Wildman–Crippen MR) is 116 cm³/mol. The summed E-state index contributed by atoms with van der Waals surface area (Å²) in [4.78, 5) is 11.1. The van der Waals surface area contributed by atoms with Crippen LogP contribution in [0.15, 0.2) is 71.9 Å². The van der Waals surface area contributed by atoms with Gasteiger partial charge in [-0.25, -0.2) is 18.4 Å². The first kappa shape index (κ1) is 20.3. The van der Waals surface area contributed by atoms with Crippen molar-refractivity contribution in [3.8, 4) is 17.0 Å². The fraction of sp³-hybridized carbons (Fsp3) is 0.273. The molecule has 4 rings (SSSR count). The monoisotopic (exact) mass is 424 g/mol. The number of para-hydroxylation sites is 1. The zero-order valence-corrected chi connectivity index (χ0v) is 17.6. The normalized spacial score (nSPS) is 15.2. The number of aromatic nitrogens is 2. The minimum Gasteiger partial charge on any atom is -0.492 e. The van der Waals surface area contributed by atoms with Gasteiger partial charge in [0.05, 0.1) is 12.3 Å². The highest BCUT2D eigenvalue weighted by atomic mass is 32.2. The molecule has 3 aromatic rings. The van der Waals surface area contributed by atoms with E-state index in [9.17, 15) is 8.42 Å². The summed E-state index contributed by atoms with van der Waals surface area (Å²) < 4.78 is 33.4. The fourth-order valence-electron chi connectivity index (χ4n) is 3.52. The third kappa shape index (κ3) is 4.15. The molecule has 0 saturated carbocycles. The summed E-state index contributed by atoms with van der Waals surface area (Å²) >= 11 is 0. The molecule has 30 heavy (non-hydrogen) atoms. The van der Waals surface area contributed by atoms with E-state index in [4.69, 9.17) is 4.74 Å². The molecule has 0 unspecified atom stereocenters. The number of hydrogen-bond donors (Lipinski definition) is 0. The molecule has 0 radical (unpaired) electrons. The molecule has 0 bridgehead atoms. The topological polar surface area (TPSA) is 75.6 Å². The van der Waals surface area contributed by atoms with Crippen LogP contribution in [0.5, 0.6) is 5.75 Å². The second kappa shape index (κ2) is 8.81. The molecule has 8 heteroatoms. The zero-order valence-electron chi connectivity index (χ0n) is 16.8. The van der Waals surface area contributed by atoms with E-state index in [2.05, 4.69) is 14.9 Å². The van der Waals surface area contributed by atoms with Crippen molar-refractivity contribution in [2.75, 3.05) is 37.7 Å². The van der Waals surface area contributed by atoms with Crippen molar-refractivity contribution in [2.24, 2.45) is 0 Å². The van der Waals surface area contributed by atoms with E-state index in [1.807, 2.05) is 43.3 Å². The van der Waals surface area contributed by atoms with Crippen LogP contribution < -0.4 is 9.64 Å². The van der Waals surface area contributed by atoms with Gasteiger partial charge in [-0.1, -0.05) is 42.5 Å². The van der Waals surface area contributed by atoms with E-state index < -0.39 is 10.0 Å². The van der Waals surface area contributed by atoms with Gasteiger partial charge in [0.2, 0.25) is 10.0 Å². The van der Waals surface area contributed by atoms with Crippen molar-refractivity contribution in [2.45, 2.75) is 11.8 Å². The number of piperazine rings is 1. The van der Waals surface area contributed by atoms with Crippen LogP contribution >= 0.6 is 0 Å². The number of nitrogens with zero attached hydrogens (tertiary/aromatic N) is 4. The van der Waals surface area contributed by atoms with Gasteiger partial charge in [0, 0.05) is 37.8 Å². The van der Waals surface area contributed by atoms with Crippen LogP contribution in [-0.4, -0.2) is 55.5 Å². The first-order valence-corrected chi connectivity index (χ1v) is 11.4. The summed E-state index contributed by atoms with van der Waals surface area (Å²) in [6.07, 6.45) is 1.55. The molecular weight excluding hydrogens is 400 g/mol. The second-order valence-electron chi connectivity index (χ2n) is 6.90. The Hall–Kier alpha value is -2.97. The molecule has 1 fully saturated rings. The first-order valence-electron chi connectivity index (χ1n) is 9.94. The lowest BCUT2D eigenvalue weighted by atomic mass is 10.1. The van der Waals surface area contributed by atoms with Crippen molar-refractivity contribution in [3.63, 3.8) is 0 Å². The Morgan fingerprint density at radius 2 is 1.63 bits per heavy atom. The molecule has 1 saturated heterocycles. The van der Waals surface area contributed by atoms with Crippen LogP contribution in [-0.2, 0) is 10.0 Å². The van der Waals surface area contributed by atoms with E-state index in [1.54, 1.807) is 30.6 Å². The lowest BCUT2D eigenvalue weighted by Gasteiger charge is -2.34. The molecule has 0 aliphatic carbocycles. The second-order valence-corrected chi connectivity index (χ2v) is 8.80. The maximum absolute atomic E-state index is 13.2. The Balaban J connectivity index is 1.49. The van der Waals surface area contributed by atoms with Crippen molar-refractivity contribution in [1.29, 1.82) is 0 Å². The van der Waals surface area contributed by atoms with Gasteiger partial charge in [-0.15, -0.1) is 0 Å². The largest absolute Gasteiger partial charge is 0.492 e. The molecule has 7 nitrogen and oxygen atoms in total. The Bertz CT molecular complexity index is 1100. The van der Waals surface area contributed by atoms with E-state index in [0.717, 1.165) is 17.1 Å². The quantitative estimate of drug-likeness (QED) is 0.605. The van der Waals surface area contributed by atoms with Gasteiger partial charge in [0.25, 0.3) is 0 Å². The SMILES string of the molecule is CCOc1ccccc1S(=O)(=O)N1CCN(c2cc(-c3ccccc3)ncn2)CC1. The molecule has 1 aromatic heterocycles. The fourth-order valence-corrected chi connectivity index (χ4v) is 5.08. The van der Waals surface area contributed by atoms with Gasteiger partial charge in [-0.2, -0.15) is 4.31 Å². The van der Waals surface area contributed by atoms with Crippen molar-refractivity contribution in [3.05, 3.63) is 67.0 Å². The highest BCUT2D eigenvalue weighted by Crippen LogP contribution is 2.28. The number of sulfonamides is 1. The number of benzene rings is 2. The van der Waals surface area contributed by atoms with Crippen molar-refractivity contribution >= 4 is 15.8 Å². The lowest BCUT2D eigenvalue weighted by Crippen LogP contribution is -2.49. The molecule has 0 amide bonds. The maximum atomic E-state index is 13.2. The maximum Gasteiger partial charge on any atom is 0.246 e. The van der Waals surface area contributed by atoms with E-state index in [0.29, 0.717) is 38.5 Å². The molecule has 0 N–H and O–H groups in total. The summed E-state index contributed by atoms with van der Waals surface area (Å²) in [5, 5.41) is 0. The van der Waals surface area contributed by atoms with Crippen molar-refractivity contribution < 1.29 is 13.2 Å². The number of rotatable bonds is 6. The number of anilines is 1. The summed E-state index contributed by atoms with van der Waals surface area (Å²) in [7, 11) is -3.62. The average molecular weight is 425 g/mol. The minimum atomic E-state index is -3.62. The molecule has 0 spiro atoms. The van der Waals surface area contributed by atoms with Gasteiger partial charge >= 0.3 is 0 Å². The smallest absolute Gasteiger partial charge is 0.246 e. The standard InChI is InChI=1S/C22H24N4O3S/c1-2-29-20-10-6-7-11-21(20)30(27,28)26-14-12-25(13-15-26)22-16-19(23-17-24-22)18-8-4-3-5-9-18/h3-11,16-17H,2,12-15H2,1H3. The molecule has 1 aliphatic heterocycles. The lowest BCUT2D eigenvalue weighted by molar-refractivity contribution is 0.327. The third-order valence-corrected chi connectivity index (χ3v) is 6.99. The van der Waals surface area contributed by atoms with Gasteiger partial charge in [-0.05, 0) is 19.1 Å². The van der Waals surface area contributed by atoms with Crippen LogP contribution in [0.1, 0.15) is 6.92 Å². The average Bonchev–Trinajstić information content (AvgIpc) is 2.80. The van der Waals surface area contributed by atoms with Crippen LogP contribution in [0, 0.1) is 0 Å². The van der Waals surface area contributed by atoms with Gasteiger partial charge < -0.3 is 9.64 Å². The summed E-state index contributed by atoms with van der Waals surface area (Å²) in [5.74, 6) is 1.20. The van der Waals surface area contributed by atoms with Gasteiger partial charge in [-0.3, -0.25) is 0 Å². The summed E-state index contributed by atoms with van der Waals surface area (Å²) in [6.45, 7) is 4.13. The first-order chi connectivity index (χ1) is 14.6. The molecule has 1 aliphatic rings. The van der Waals surface area contributed by atoms with Crippen LogP contribution in [0.25, 0.3) is 11.3 Å². The number of ether oxygens (including phenoxy) is 1. The third-order valence-electron chi connectivity index (χ3n) is 5.05. The van der Waals surface area contributed by atoms with Gasteiger partial charge in [0.1, 0.15) is 22.8 Å². The van der Waals surface area contributed by atoms with Crippen LogP contribution in [0.3, 0.4) is 0 Å². The highest BCUT2D eigenvalue weighted by molar-refractivity contribution is 7.89. The van der Waals surface area contributed by atoms with Crippen LogP contribution in [0.2, 0.25) is 0 Å². The highest BCUT2D eigenvalue weighted by Gasteiger charge is 2.31. The molecule has 2 heterocycles. The molecule has 156 valence electrons. The predicted octanol–water partition coefficient (Wildman–Crippen LogP) is 3.05. The molecular formula is C22H24N4O3S. The Morgan fingerprint density at radius 1 is 0.933 bits per heavy atom. The molecule has 0 atom stereocenters. The summed E-state index contributed by atoms with van der Waals surface area (Å²) in [5.41, 5.74) is 1.87. The zero-order chi connectivity index (χ0) is 21.0. The Morgan fingerprint density at radius 3 is 2.37 bits per heavy atom. The molecule has 2 aromatic carbocycles. The Labute approximate surface area is 177 Å². The van der Waals surface area contributed by atoms with E-state index in [-0.39, 0.29) is 4.90 Å². The van der Waals surface area contributed by atoms with E-state index in [1.165, 1.54) is 4.31 Å².